The number of pyridine rings is 1. The lowest BCUT2D eigenvalue weighted by Gasteiger charge is -2.40. The molecule has 2 N–H and O–H groups in total. The molecule has 0 aliphatic carbocycles. The third-order valence-corrected chi connectivity index (χ3v) is 7.61. The van der Waals surface area contributed by atoms with Crippen molar-refractivity contribution in [2.45, 2.75) is 10.9 Å². The van der Waals surface area contributed by atoms with Crippen LogP contribution in [-0.4, -0.2) is 57.6 Å². The predicted octanol–water partition coefficient (Wildman–Crippen LogP) is 3.99. The number of amides is 1. The van der Waals surface area contributed by atoms with Gasteiger partial charge in [-0.25, -0.2) is 8.42 Å². The van der Waals surface area contributed by atoms with Gasteiger partial charge in [0.15, 0.2) is 0 Å². The highest BCUT2D eigenvalue weighted by atomic mass is 32.2. The number of hydrogen-bond acceptors (Lipinski definition) is 7. The van der Waals surface area contributed by atoms with Gasteiger partial charge in [-0.2, -0.15) is 0 Å². The molecule has 37 heavy (non-hydrogen) atoms. The molecule has 4 aromatic rings. The highest BCUT2D eigenvalue weighted by molar-refractivity contribution is 7.93. The zero-order valence-corrected chi connectivity index (χ0v) is 21.2. The van der Waals surface area contributed by atoms with Crippen molar-refractivity contribution >= 4 is 38.2 Å². The van der Waals surface area contributed by atoms with Crippen molar-refractivity contribution in [1.82, 2.24) is 9.88 Å². The number of anilines is 2. The van der Waals surface area contributed by atoms with E-state index in [1.54, 1.807) is 54.6 Å². The second-order valence-electron chi connectivity index (χ2n) is 8.60. The fraction of sp³-hybridized carbons (Fsp3) is 0.185. The third kappa shape index (κ3) is 4.88. The molecular weight excluding hydrogens is 492 g/mol. The number of para-hydroxylation sites is 3. The number of hydrogen-bond donors (Lipinski definition) is 2. The zero-order chi connectivity index (χ0) is 26.0. The number of ether oxygens (including phenoxy) is 2. The summed E-state index contributed by atoms with van der Waals surface area (Å²) in [5, 5.41) is 4.11. The van der Waals surface area contributed by atoms with E-state index in [4.69, 9.17) is 9.47 Å². The molecule has 0 radical (unpaired) electrons. The van der Waals surface area contributed by atoms with E-state index in [0.717, 1.165) is 11.4 Å². The molecule has 0 atom stereocenters. The van der Waals surface area contributed by atoms with Crippen LogP contribution in [0.25, 0.3) is 10.9 Å². The van der Waals surface area contributed by atoms with Crippen LogP contribution in [0.3, 0.4) is 0 Å². The van der Waals surface area contributed by atoms with Gasteiger partial charge in [0.2, 0.25) is 0 Å². The van der Waals surface area contributed by atoms with Crippen LogP contribution >= 0.6 is 0 Å². The maximum Gasteiger partial charge on any atom is 0.264 e. The minimum absolute atomic E-state index is 0.0574. The number of sulfonamides is 1. The third-order valence-electron chi connectivity index (χ3n) is 6.21. The number of benzene rings is 3. The fourth-order valence-electron chi connectivity index (χ4n) is 4.30. The summed E-state index contributed by atoms with van der Waals surface area (Å²) in [5.74, 6) is 0.824. The Labute approximate surface area is 215 Å². The Kier molecular flexibility index (Phi) is 6.58. The van der Waals surface area contributed by atoms with Crippen molar-refractivity contribution in [3.8, 4) is 11.5 Å². The van der Waals surface area contributed by atoms with Crippen molar-refractivity contribution in [2.75, 3.05) is 37.3 Å². The van der Waals surface area contributed by atoms with Crippen molar-refractivity contribution in [2.24, 2.45) is 0 Å². The van der Waals surface area contributed by atoms with Gasteiger partial charge in [-0.05, 0) is 42.5 Å². The molecule has 1 fully saturated rings. The maximum absolute atomic E-state index is 13.2. The molecule has 190 valence electrons. The first kappa shape index (κ1) is 24.4. The van der Waals surface area contributed by atoms with Gasteiger partial charge >= 0.3 is 0 Å². The Morgan fingerprint density at radius 2 is 1.68 bits per heavy atom. The van der Waals surface area contributed by atoms with E-state index < -0.39 is 10.0 Å². The summed E-state index contributed by atoms with van der Waals surface area (Å²) in [7, 11) is -0.918. The van der Waals surface area contributed by atoms with Crippen molar-refractivity contribution in [1.29, 1.82) is 0 Å². The van der Waals surface area contributed by atoms with Crippen molar-refractivity contribution in [3.05, 3.63) is 84.6 Å². The summed E-state index contributed by atoms with van der Waals surface area (Å²) >= 11 is 0. The van der Waals surface area contributed by atoms with Gasteiger partial charge in [0.25, 0.3) is 15.9 Å². The van der Waals surface area contributed by atoms with Crippen LogP contribution in [0.5, 0.6) is 11.5 Å². The van der Waals surface area contributed by atoms with Crippen LogP contribution in [-0.2, 0) is 10.0 Å². The van der Waals surface area contributed by atoms with Crippen molar-refractivity contribution < 1.29 is 22.7 Å². The maximum atomic E-state index is 13.2. The van der Waals surface area contributed by atoms with Crippen molar-refractivity contribution in [3.63, 3.8) is 0 Å². The molecule has 0 saturated carbocycles. The largest absolute Gasteiger partial charge is 0.495 e. The Hall–Kier alpha value is -4.31. The molecule has 10 heteroatoms. The molecule has 0 unspecified atom stereocenters. The molecule has 1 amide bonds. The predicted molar refractivity (Wildman–Crippen MR) is 142 cm³/mol. The minimum atomic E-state index is -3.96. The van der Waals surface area contributed by atoms with E-state index in [0.29, 0.717) is 29.6 Å². The van der Waals surface area contributed by atoms with Gasteiger partial charge in [-0.3, -0.25) is 14.5 Å². The number of carbonyl (C=O) groups excluding carboxylic acids is 1. The second kappa shape index (κ2) is 9.98. The molecule has 1 aliphatic heterocycles. The molecule has 2 heterocycles. The summed E-state index contributed by atoms with van der Waals surface area (Å²) < 4.78 is 39.8. The Bertz CT molecular complexity index is 1560. The SMILES string of the molecule is COc1ccccc1NC1CN(C(=O)c2ccc(NS(=O)(=O)c3cccc4cccnc34)c(OC)c2)C1. The number of nitrogens with one attached hydrogen (secondary N) is 2. The Morgan fingerprint density at radius 3 is 2.46 bits per heavy atom. The van der Waals surface area contributed by atoms with E-state index >= 15 is 0 Å². The molecule has 1 saturated heterocycles. The molecule has 9 nitrogen and oxygen atoms in total. The average Bonchev–Trinajstić information content (AvgIpc) is 2.90. The van der Waals surface area contributed by atoms with Crippen LogP contribution in [0.1, 0.15) is 10.4 Å². The summed E-state index contributed by atoms with van der Waals surface area (Å²) in [6.45, 7) is 1.06. The van der Waals surface area contributed by atoms with Gasteiger partial charge in [-0.1, -0.05) is 30.3 Å². The molecule has 3 aromatic carbocycles. The first-order valence-corrected chi connectivity index (χ1v) is 13.1. The molecule has 1 aromatic heterocycles. The quantitative estimate of drug-likeness (QED) is 0.363. The monoisotopic (exact) mass is 518 g/mol. The van der Waals surface area contributed by atoms with Crippen LogP contribution in [0.15, 0.2) is 83.9 Å². The molecular formula is C27H26N4O5S. The fourth-order valence-corrected chi connectivity index (χ4v) is 5.55. The van der Waals surface area contributed by atoms with E-state index in [2.05, 4.69) is 15.0 Å². The zero-order valence-electron chi connectivity index (χ0n) is 20.3. The summed E-state index contributed by atoms with van der Waals surface area (Å²) in [5.41, 5.74) is 1.88. The van der Waals surface area contributed by atoms with Crippen LogP contribution in [0.4, 0.5) is 11.4 Å². The standard InChI is InChI=1S/C27H26N4O5S/c1-35-23-10-4-3-9-21(23)29-20-16-31(17-20)27(32)19-12-13-22(24(15-19)36-2)30-37(33,34)25-11-5-7-18-8-6-14-28-26(18)25/h3-15,20,29-30H,16-17H2,1-2H3. The second-order valence-corrected chi connectivity index (χ2v) is 10.3. The van der Waals surface area contributed by atoms with E-state index in [9.17, 15) is 13.2 Å². The Balaban J connectivity index is 1.29. The lowest BCUT2D eigenvalue weighted by molar-refractivity contribution is 0.0625. The topological polar surface area (TPSA) is 110 Å². The van der Waals surface area contributed by atoms with Crippen LogP contribution < -0.4 is 19.5 Å². The highest BCUT2D eigenvalue weighted by Crippen LogP contribution is 2.31. The molecule has 0 spiro atoms. The smallest absolute Gasteiger partial charge is 0.264 e. The minimum Gasteiger partial charge on any atom is -0.495 e. The lowest BCUT2D eigenvalue weighted by Crippen LogP contribution is -2.57. The van der Waals surface area contributed by atoms with Gasteiger partial charge in [0.1, 0.15) is 16.4 Å². The first-order valence-electron chi connectivity index (χ1n) is 11.6. The summed E-state index contributed by atoms with van der Waals surface area (Å²) in [6.07, 6.45) is 1.55. The van der Waals surface area contributed by atoms with Gasteiger partial charge in [0, 0.05) is 30.2 Å². The summed E-state index contributed by atoms with van der Waals surface area (Å²) in [6, 6.07) is 20.9. The lowest BCUT2D eigenvalue weighted by atomic mass is 10.1. The summed E-state index contributed by atoms with van der Waals surface area (Å²) in [4.78, 5) is 19.1. The average molecular weight is 519 g/mol. The number of carbonyl (C=O) groups is 1. The number of likely N-dealkylation sites (tertiary alicyclic amines) is 1. The molecule has 0 bridgehead atoms. The van der Waals surface area contributed by atoms with E-state index in [-0.39, 0.29) is 28.3 Å². The molecule has 5 rings (SSSR count). The molecule has 1 aliphatic rings. The van der Waals surface area contributed by atoms with Gasteiger partial charge in [0.05, 0.1) is 37.2 Å². The number of rotatable bonds is 8. The first-order chi connectivity index (χ1) is 17.9. The van der Waals surface area contributed by atoms with Crippen LogP contribution in [0, 0.1) is 0 Å². The highest BCUT2D eigenvalue weighted by Gasteiger charge is 2.32. The number of fused-ring (bicyclic) bond motifs is 1. The number of methoxy groups -OCH3 is 2. The van der Waals surface area contributed by atoms with Crippen LogP contribution in [0.2, 0.25) is 0 Å². The van der Waals surface area contributed by atoms with Gasteiger partial charge < -0.3 is 19.7 Å². The van der Waals surface area contributed by atoms with Gasteiger partial charge in [-0.15, -0.1) is 0 Å². The number of aromatic nitrogens is 1. The number of nitrogens with zero attached hydrogens (tertiary/aromatic N) is 2. The van der Waals surface area contributed by atoms with E-state index in [1.165, 1.54) is 19.2 Å². The normalized spacial score (nSPS) is 13.6. The Morgan fingerprint density at radius 1 is 0.919 bits per heavy atom. The van der Waals surface area contributed by atoms with E-state index in [1.807, 2.05) is 24.3 Å².